The first-order chi connectivity index (χ1) is 15.1. The van der Waals surface area contributed by atoms with E-state index in [0.29, 0.717) is 23.8 Å². The maximum Gasteiger partial charge on any atom is 0.251 e. The molecule has 1 atom stereocenters. The Kier molecular flexibility index (Phi) is 5.42. The number of amides is 2. The number of carbonyl (C=O) groups excluding carboxylic acids is 2. The van der Waals surface area contributed by atoms with Gasteiger partial charge in [-0.3, -0.25) is 14.5 Å². The van der Waals surface area contributed by atoms with Gasteiger partial charge in [0.25, 0.3) is 5.91 Å². The number of aromatic nitrogens is 1. The van der Waals surface area contributed by atoms with Crippen LogP contribution in [-0.2, 0) is 4.79 Å². The standard InChI is InChI=1S/C24H26N4O3/c29-22(25-19-7-3-5-16(13-19)23(30)26-18-10-11-18)15-28-12-4-6-17(14-28)24-27-20-8-1-2-9-21(20)31-24/h1-3,5,7-9,13,17-18H,4,6,10-12,14-15H2,(H,25,29)(H,26,30). The number of para-hydroxylation sites is 2. The van der Waals surface area contributed by atoms with Crippen LogP contribution in [0.2, 0.25) is 0 Å². The first-order valence-corrected chi connectivity index (χ1v) is 10.9. The summed E-state index contributed by atoms with van der Waals surface area (Å²) in [5.41, 5.74) is 2.88. The first-order valence-electron chi connectivity index (χ1n) is 10.9. The van der Waals surface area contributed by atoms with Crippen molar-refractivity contribution >= 4 is 28.6 Å². The zero-order valence-corrected chi connectivity index (χ0v) is 17.3. The monoisotopic (exact) mass is 418 g/mol. The molecular weight excluding hydrogens is 392 g/mol. The van der Waals surface area contributed by atoms with Gasteiger partial charge in [0, 0.05) is 29.8 Å². The minimum Gasteiger partial charge on any atom is -0.440 e. The Balaban J connectivity index is 1.19. The van der Waals surface area contributed by atoms with Gasteiger partial charge in [0.1, 0.15) is 5.52 Å². The Labute approximate surface area is 180 Å². The van der Waals surface area contributed by atoms with E-state index in [-0.39, 0.29) is 17.7 Å². The molecule has 5 rings (SSSR count). The zero-order chi connectivity index (χ0) is 21.2. The number of rotatable bonds is 6. The van der Waals surface area contributed by atoms with Crippen LogP contribution in [0.5, 0.6) is 0 Å². The van der Waals surface area contributed by atoms with Crippen LogP contribution in [0.1, 0.15) is 47.8 Å². The number of piperidine rings is 1. The number of nitrogens with zero attached hydrogens (tertiary/aromatic N) is 2. The van der Waals surface area contributed by atoms with Crippen molar-refractivity contribution in [3.63, 3.8) is 0 Å². The third kappa shape index (κ3) is 4.77. The molecule has 2 aromatic carbocycles. The largest absolute Gasteiger partial charge is 0.440 e. The molecule has 31 heavy (non-hydrogen) atoms. The number of carbonyl (C=O) groups is 2. The molecule has 1 aromatic heterocycles. The second kappa shape index (κ2) is 8.51. The maximum absolute atomic E-state index is 12.6. The fraction of sp³-hybridized carbons (Fsp3) is 0.375. The van der Waals surface area contributed by atoms with Gasteiger partial charge < -0.3 is 15.1 Å². The van der Waals surface area contributed by atoms with E-state index < -0.39 is 0 Å². The van der Waals surface area contributed by atoms with Crippen LogP contribution in [0.25, 0.3) is 11.1 Å². The number of benzene rings is 2. The molecule has 7 nitrogen and oxygen atoms in total. The van der Waals surface area contributed by atoms with Crippen molar-refractivity contribution in [1.82, 2.24) is 15.2 Å². The van der Waals surface area contributed by atoms with E-state index in [1.807, 2.05) is 30.3 Å². The molecule has 1 aliphatic heterocycles. The van der Waals surface area contributed by atoms with E-state index in [9.17, 15) is 9.59 Å². The minimum atomic E-state index is -0.0872. The van der Waals surface area contributed by atoms with Crippen LogP contribution in [0.3, 0.4) is 0 Å². The van der Waals surface area contributed by atoms with Crippen molar-refractivity contribution < 1.29 is 14.0 Å². The quantitative estimate of drug-likeness (QED) is 0.639. The molecule has 0 spiro atoms. The summed E-state index contributed by atoms with van der Waals surface area (Å²) in [7, 11) is 0. The summed E-state index contributed by atoms with van der Waals surface area (Å²) in [5, 5.41) is 5.90. The first kappa shape index (κ1) is 19.8. The summed E-state index contributed by atoms with van der Waals surface area (Å²) in [4.78, 5) is 31.7. The predicted octanol–water partition coefficient (Wildman–Crippen LogP) is 3.54. The average Bonchev–Trinajstić information content (AvgIpc) is 3.48. The van der Waals surface area contributed by atoms with E-state index >= 15 is 0 Å². The summed E-state index contributed by atoms with van der Waals surface area (Å²) in [6.45, 7) is 1.91. The molecule has 2 heterocycles. The number of likely N-dealkylation sites (tertiary alicyclic amines) is 1. The molecule has 1 aliphatic carbocycles. The van der Waals surface area contributed by atoms with Gasteiger partial charge in [0.05, 0.1) is 6.54 Å². The molecule has 3 aromatic rings. The molecule has 2 N–H and O–H groups in total. The highest BCUT2D eigenvalue weighted by Crippen LogP contribution is 2.29. The second-order valence-electron chi connectivity index (χ2n) is 8.47. The lowest BCUT2D eigenvalue weighted by Gasteiger charge is -2.30. The summed E-state index contributed by atoms with van der Waals surface area (Å²) in [6, 6.07) is 15.2. The fourth-order valence-corrected chi connectivity index (χ4v) is 4.10. The number of hydrogen-bond acceptors (Lipinski definition) is 5. The van der Waals surface area contributed by atoms with Crippen LogP contribution in [0.4, 0.5) is 5.69 Å². The molecule has 1 saturated heterocycles. The smallest absolute Gasteiger partial charge is 0.251 e. The number of anilines is 1. The highest BCUT2D eigenvalue weighted by Gasteiger charge is 2.27. The molecule has 160 valence electrons. The molecule has 2 amide bonds. The Hall–Kier alpha value is -3.19. The SMILES string of the molecule is O=C(CN1CCCC(c2nc3ccccc3o2)C1)Nc1cccc(C(=O)NC2CC2)c1. The Morgan fingerprint density at radius 2 is 1.97 bits per heavy atom. The summed E-state index contributed by atoms with van der Waals surface area (Å²) >= 11 is 0. The van der Waals surface area contributed by atoms with E-state index in [0.717, 1.165) is 55.8 Å². The fourth-order valence-electron chi connectivity index (χ4n) is 4.10. The van der Waals surface area contributed by atoms with Crippen molar-refractivity contribution in [2.75, 3.05) is 25.0 Å². The van der Waals surface area contributed by atoms with E-state index in [1.54, 1.807) is 18.2 Å². The molecule has 2 fully saturated rings. The molecule has 1 saturated carbocycles. The molecule has 7 heteroatoms. The lowest BCUT2D eigenvalue weighted by molar-refractivity contribution is -0.117. The Bertz CT molecular complexity index is 1070. The van der Waals surface area contributed by atoms with E-state index in [2.05, 4.69) is 20.5 Å². The van der Waals surface area contributed by atoms with Gasteiger partial charge in [0.15, 0.2) is 11.5 Å². The lowest BCUT2D eigenvalue weighted by Crippen LogP contribution is -2.39. The highest BCUT2D eigenvalue weighted by atomic mass is 16.3. The summed E-state index contributed by atoms with van der Waals surface area (Å²) in [6.07, 6.45) is 4.09. The van der Waals surface area contributed by atoms with Gasteiger partial charge in [0.2, 0.25) is 5.91 Å². The van der Waals surface area contributed by atoms with E-state index in [4.69, 9.17) is 4.42 Å². The van der Waals surface area contributed by atoms with Crippen molar-refractivity contribution in [3.8, 4) is 0 Å². The Morgan fingerprint density at radius 1 is 1.10 bits per heavy atom. The van der Waals surface area contributed by atoms with Crippen molar-refractivity contribution in [2.24, 2.45) is 0 Å². The molecular formula is C24H26N4O3. The summed E-state index contributed by atoms with van der Waals surface area (Å²) < 4.78 is 5.95. The average molecular weight is 418 g/mol. The van der Waals surface area contributed by atoms with Crippen molar-refractivity contribution in [1.29, 1.82) is 0 Å². The third-order valence-electron chi connectivity index (χ3n) is 5.85. The number of nitrogens with one attached hydrogen (secondary N) is 2. The van der Waals surface area contributed by atoms with Gasteiger partial charge in [-0.25, -0.2) is 4.98 Å². The third-order valence-corrected chi connectivity index (χ3v) is 5.85. The maximum atomic E-state index is 12.6. The summed E-state index contributed by atoms with van der Waals surface area (Å²) in [5.74, 6) is 0.762. The molecule has 2 aliphatic rings. The van der Waals surface area contributed by atoms with Crippen LogP contribution in [0.15, 0.2) is 52.9 Å². The number of hydrogen-bond donors (Lipinski definition) is 2. The van der Waals surface area contributed by atoms with Gasteiger partial charge >= 0.3 is 0 Å². The van der Waals surface area contributed by atoms with Crippen molar-refractivity contribution in [2.45, 2.75) is 37.6 Å². The zero-order valence-electron chi connectivity index (χ0n) is 17.3. The van der Waals surface area contributed by atoms with Crippen LogP contribution in [-0.4, -0.2) is 47.4 Å². The van der Waals surface area contributed by atoms with Gasteiger partial charge in [-0.2, -0.15) is 0 Å². The number of fused-ring (bicyclic) bond motifs is 1. The second-order valence-corrected chi connectivity index (χ2v) is 8.47. The van der Waals surface area contributed by atoms with Crippen LogP contribution < -0.4 is 10.6 Å². The molecule has 0 bridgehead atoms. The van der Waals surface area contributed by atoms with Crippen LogP contribution >= 0.6 is 0 Å². The lowest BCUT2D eigenvalue weighted by atomic mass is 9.98. The molecule has 1 unspecified atom stereocenters. The molecule has 0 radical (unpaired) electrons. The van der Waals surface area contributed by atoms with Crippen LogP contribution in [0, 0.1) is 0 Å². The minimum absolute atomic E-state index is 0.0852. The topological polar surface area (TPSA) is 87.5 Å². The van der Waals surface area contributed by atoms with Gasteiger partial charge in [-0.1, -0.05) is 18.2 Å². The Morgan fingerprint density at radius 3 is 2.81 bits per heavy atom. The van der Waals surface area contributed by atoms with Gasteiger partial charge in [-0.05, 0) is 62.6 Å². The highest BCUT2D eigenvalue weighted by molar-refractivity contribution is 5.97. The van der Waals surface area contributed by atoms with E-state index in [1.165, 1.54) is 0 Å². The van der Waals surface area contributed by atoms with Gasteiger partial charge in [-0.15, -0.1) is 0 Å². The predicted molar refractivity (Wildman–Crippen MR) is 118 cm³/mol. The van der Waals surface area contributed by atoms with Crippen molar-refractivity contribution in [3.05, 3.63) is 60.0 Å². The normalized spacial score (nSPS) is 19.3. The number of oxazole rings is 1.